The van der Waals surface area contributed by atoms with E-state index in [9.17, 15) is 22.0 Å². The minimum absolute atomic E-state index is 1.01. The second-order valence-electron chi connectivity index (χ2n) is 2.44. The van der Waals surface area contributed by atoms with E-state index in [0.29, 0.717) is 0 Å². The predicted octanol–water partition coefficient (Wildman–Crippen LogP) is 3.56. The van der Waals surface area contributed by atoms with Crippen LogP contribution in [0.15, 0.2) is 0 Å². The van der Waals surface area contributed by atoms with Crippen molar-refractivity contribution in [2.75, 3.05) is 0 Å². The molecular formula is C6Br2ClF5Ge. The van der Waals surface area contributed by atoms with Crippen molar-refractivity contribution in [1.82, 2.24) is 0 Å². The van der Waals surface area contributed by atoms with Crippen molar-refractivity contribution in [2.24, 2.45) is 0 Å². The zero-order valence-electron chi connectivity index (χ0n) is 6.52. The van der Waals surface area contributed by atoms with Crippen molar-refractivity contribution in [3.8, 4) is 0 Å². The van der Waals surface area contributed by atoms with Gasteiger partial charge in [0.25, 0.3) is 0 Å². The molecule has 1 aromatic carbocycles. The van der Waals surface area contributed by atoms with E-state index in [4.69, 9.17) is 10.0 Å². The van der Waals surface area contributed by atoms with Crippen molar-refractivity contribution >= 4 is 51.1 Å². The molecule has 0 aliphatic rings. The number of hydrogen-bond donors (Lipinski definition) is 0. The second kappa shape index (κ2) is 4.50. The fraction of sp³-hybridized carbons (Fsp3) is 0. The normalized spacial score (nSPS) is 12.0. The third-order valence-electron chi connectivity index (χ3n) is 1.49. The van der Waals surface area contributed by atoms with Gasteiger partial charge in [0.2, 0.25) is 0 Å². The zero-order valence-corrected chi connectivity index (χ0v) is 12.5. The van der Waals surface area contributed by atoms with Crippen LogP contribution >= 0.6 is 38.0 Å². The summed E-state index contributed by atoms with van der Waals surface area (Å²) in [5.74, 6) is -10.0. The molecule has 0 amide bonds. The Hall–Kier alpha value is 0.663. The van der Waals surface area contributed by atoms with Gasteiger partial charge in [0.15, 0.2) is 0 Å². The number of benzene rings is 1. The topological polar surface area (TPSA) is 0 Å². The van der Waals surface area contributed by atoms with Gasteiger partial charge in [-0.15, -0.1) is 0 Å². The Kier molecular flexibility index (Phi) is 4.12. The van der Waals surface area contributed by atoms with Crippen molar-refractivity contribution in [3.63, 3.8) is 0 Å². The summed E-state index contributed by atoms with van der Waals surface area (Å²) in [6, 6.07) is 0. The van der Waals surface area contributed by atoms with Gasteiger partial charge in [0, 0.05) is 0 Å². The molecule has 0 aromatic heterocycles. The van der Waals surface area contributed by atoms with Crippen LogP contribution in [0.25, 0.3) is 0 Å². The first-order valence-corrected chi connectivity index (χ1v) is 16.9. The maximum atomic E-state index is 13.1. The standard InChI is InChI=1S/C6Br2ClF5Ge/c7-15(8,9)6-4(13)2(11)1(10)3(12)5(6)14. The van der Waals surface area contributed by atoms with Crippen LogP contribution < -0.4 is 4.40 Å². The van der Waals surface area contributed by atoms with E-state index >= 15 is 0 Å². The first-order valence-electron chi connectivity index (χ1n) is 3.26. The molecule has 0 saturated heterocycles. The Labute approximate surface area is 102 Å². The first-order chi connectivity index (χ1) is 6.68. The summed E-state index contributed by atoms with van der Waals surface area (Å²) < 4.78 is 63.2. The molecule has 0 N–H and O–H groups in total. The molecule has 0 nitrogen and oxygen atoms in total. The summed E-state index contributed by atoms with van der Waals surface area (Å²) in [5, 5.41) is 0. The molecule has 0 spiro atoms. The molecule has 0 bridgehead atoms. The van der Waals surface area contributed by atoms with Gasteiger partial charge in [0.05, 0.1) is 0 Å². The summed E-state index contributed by atoms with van der Waals surface area (Å²) in [6.07, 6.45) is 0. The molecule has 9 heteroatoms. The quantitative estimate of drug-likeness (QED) is 0.274. The van der Waals surface area contributed by atoms with E-state index in [1.807, 2.05) is 0 Å². The number of halogens is 8. The van der Waals surface area contributed by atoms with Crippen molar-refractivity contribution < 1.29 is 22.0 Å². The van der Waals surface area contributed by atoms with Crippen LogP contribution in [0.4, 0.5) is 22.0 Å². The number of hydrogen-bond acceptors (Lipinski definition) is 0. The third-order valence-corrected chi connectivity index (χ3v) is 8.71. The third kappa shape index (κ3) is 2.50. The van der Waals surface area contributed by atoms with Crippen molar-refractivity contribution in [3.05, 3.63) is 29.1 Å². The van der Waals surface area contributed by atoms with Gasteiger partial charge in [-0.1, -0.05) is 0 Å². The number of rotatable bonds is 1. The Morgan fingerprint density at radius 1 is 0.733 bits per heavy atom. The summed E-state index contributed by atoms with van der Waals surface area (Å²) in [7, 11) is 1.53. The summed E-state index contributed by atoms with van der Waals surface area (Å²) >= 11 is 5.43. The van der Waals surface area contributed by atoms with Crippen LogP contribution in [0.5, 0.6) is 0 Å². The van der Waals surface area contributed by atoms with Crippen LogP contribution in [0.2, 0.25) is 0 Å². The molecule has 0 aliphatic carbocycles. The summed E-state index contributed by atoms with van der Waals surface area (Å²) in [4.78, 5) is 0. The fourth-order valence-corrected chi connectivity index (χ4v) is 6.84. The maximum absolute atomic E-state index is 13.1. The molecule has 1 aromatic rings. The molecule has 0 saturated carbocycles. The average Bonchev–Trinajstić information content (AvgIpc) is 2.09. The van der Waals surface area contributed by atoms with Gasteiger partial charge in [0.1, 0.15) is 0 Å². The molecule has 84 valence electrons. The molecule has 0 heterocycles. The molecule has 0 aliphatic heterocycles. The van der Waals surface area contributed by atoms with Crippen LogP contribution in [-0.4, -0.2) is 8.65 Å². The van der Waals surface area contributed by atoms with Crippen molar-refractivity contribution in [1.29, 1.82) is 0 Å². The van der Waals surface area contributed by atoms with Gasteiger partial charge in [-0.05, 0) is 0 Å². The summed E-state index contributed by atoms with van der Waals surface area (Å²) in [5.41, 5.74) is 0. The van der Waals surface area contributed by atoms with Crippen molar-refractivity contribution in [2.45, 2.75) is 0 Å². The van der Waals surface area contributed by atoms with Crippen LogP contribution in [0.3, 0.4) is 0 Å². The Bertz CT molecular complexity index is 390. The monoisotopic (exact) mass is 434 g/mol. The van der Waals surface area contributed by atoms with Crippen LogP contribution in [-0.2, 0) is 0 Å². The Balaban J connectivity index is 3.68. The van der Waals surface area contributed by atoms with Gasteiger partial charge < -0.3 is 0 Å². The molecule has 1 rings (SSSR count). The average molecular weight is 435 g/mol. The van der Waals surface area contributed by atoms with E-state index in [1.54, 1.807) is 0 Å². The van der Waals surface area contributed by atoms with Gasteiger partial charge in [-0.3, -0.25) is 0 Å². The minimum atomic E-state index is -4.02. The molecule has 0 fully saturated rings. The summed E-state index contributed by atoms with van der Waals surface area (Å²) in [6.45, 7) is 0. The van der Waals surface area contributed by atoms with Crippen LogP contribution in [0.1, 0.15) is 0 Å². The van der Waals surface area contributed by atoms with E-state index in [2.05, 4.69) is 28.0 Å². The van der Waals surface area contributed by atoms with Gasteiger partial charge in [-0.25, -0.2) is 0 Å². The van der Waals surface area contributed by atoms with Gasteiger partial charge in [-0.2, -0.15) is 0 Å². The molecule has 0 unspecified atom stereocenters. The van der Waals surface area contributed by atoms with E-state index < -0.39 is 42.1 Å². The molecular weight excluding hydrogens is 435 g/mol. The first kappa shape index (κ1) is 13.7. The molecule has 0 radical (unpaired) electrons. The second-order valence-corrected chi connectivity index (χ2v) is 31.2. The Morgan fingerprint density at radius 3 is 1.27 bits per heavy atom. The van der Waals surface area contributed by atoms with E-state index in [-0.39, 0.29) is 0 Å². The van der Waals surface area contributed by atoms with E-state index in [0.717, 1.165) is 0 Å². The SMILES string of the molecule is Fc1c(F)c(F)[c]([Ge]([Cl])([Br])[Br])c(F)c1F. The fourth-order valence-electron chi connectivity index (χ4n) is 0.854. The molecule has 15 heavy (non-hydrogen) atoms. The van der Waals surface area contributed by atoms with E-state index in [1.165, 1.54) is 0 Å². The van der Waals surface area contributed by atoms with Crippen LogP contribution in [0, 0.1) is 29.1 Å². The Morgan fingerprint density at radius 2 is 1.00 bits per heavy atom. The molecule has 0 atom stereocenters. The predicted molar refractivity (Wildman–Crippen MR) is 55.3 cm³/mol. The van der Waals surface area contributed by atoms with Gasteiger partial charge >= 0.3 is 102 Å². The zero-order chi connectivity index (χ0) is 12.0.